The Kier molecular flexibility index (Phi) is 5.72. The van der Waals surface area contributed by atoms with Crippen LogP contribution in [0.5, 0.6) is 0 Å². The predicted octanol–water partition coefficient (Wildman–Crippen LogP) is 1.94. The minimum absolute atomic E-state index is 0.238. The standard InChI is InChI=1S/C15H25N3O2S/c1-3-11-21(19,20)18-9-6-15(7-10-18)17-13(2)14-5-4-8-16-12-14/h4-5,8,12-13,15,17H,3,6-7,9-11H2,1-2H3. The summed E-state index contributed by atoms with van der Waals surface area (Å²) in [5.74, 6) is 0.261. The fraction of sp³-hybridized carbons (Fsp3) is 0.667. The van der Waals surface area contributed by atoms with Crippen LogP contribution in [-0.4, -0.2) is 42.6 Å². The molecule has 1 N–H and O–H groups in total. The Balaban J connectivity index is 1.85. The van der Waals surface area contributed by atoms with E-state index in [1.807, 2.05) is 19.2 Å². The molecular weight excluding hydrogens is 286 g/mol. The summed E-state index contributed by atoms with van der Waals surface area (Å²) < 4.78 is 25.7. The van der Waals surface area contributed by atoms with E-state index in [1.165, 1.54) is 5.56 Å². The van der Waals surface area contributed by atoms with Crippen LogP contribution in [0.1, 0.15) is 44.7 Å². The average molecular weight is 311 g/mol. The normalized spacial score (nSPS) is 19.5. The van der Waals surface area contributed by atoms with Crippen LogP contribution in [0.25, 0.3) is 0 Å². The zero-order chi connectivity index (χ0) is 15.3. The van der Waals surface area contributed by atoms with Gasteiger partial charge in [-0.3, -0.25) is 4.98 Å². The van der Waals surface area contributed by atoms with Crippen LogP contribution in [0.15, 0.2) is 24.5 Å². The number of hydrogen-bond acceptors (Lipinski definition) is 4. The molecule has 1 fully saturated rings. The van der Waals surface area contributed by atoms with Crippen molar-refractivity contribution in [2.24, 2.45) is 0 Å². The first kappa shape index (κ1) is 16.4. The number of sulfonamides is 1. The molecule has 0 amide bonds. The topological polar surface area (TPSA) is 62.3 Å². The van der Waals surface area contributed by atoms with Gasteiger partial charge in [-0.1, -0.05) is 13.0 Å². The van der Waals surface area contributed by atoms with Gasteiger partial charge in [0, 0.05) is 37.6 Å². The van der Waals surface area contributed by atoms with E-state index >= 15 is 0 Å². The summed E-state index contributed by atoms with van der Waals surface area (Å²) in [5, 5.41) is 3.58. The molecule has 118 valence electrons. The lowest BCUT2D eigenvalue weighted by molar-refractivity contribution is 0.277. The van der Waals surface area contributed by atoms with Crippen molar-refractivity contribution >= 4 is 10.0 Å². The van der Waals surface area contributed by atoms with Crippen LogP contribution in [0.2, 0.25) is 0 Å². The van der Waals surface area contributed by atoms with Gasteiger partial charge >= 0.3 is 0 Å². The highest BCUT2D eigenvalue weighted by atomic mass is 32.2. The number of rotatable bonds is 6. The quantitative estimate of drug-likeness (QED) is 0.872. The first-order valence-corrected chi connectivity index (χ1v) is 9.27. The number of pyridine rings is 1. The minimum Gasteiger partial charge on any atom is -0.307 e. The van der Waals surface area contributed by atoms with E-state index in [0.717, 1.165) is 12.8 Å². The number of piperidine rings is 1. The minimum atomic E-state index is -3.04. The lowest BCUT2D eigenvalue weighted by Gasteiger charge is -2.33. The molecule has 1 unspecified atom stereocenters. The van der Waals surface area contributed by atoms with Crippen molar-refractivity contribution < 1.29 is 8.42 Å². The highest BCUT2D eigenvalue weighted by molar-refractivity contribution is 7.89. The van der Waals surface area contributed by atoms with Crippen LogP contribution in [-0.2, 0) is 10.0 Å². The van der Waals surface area contributed by atoms with E-state index in [0.29, 0.717) is 25.6 Å². The van der Waals surface area contributed by atoms with Crippen molar-refractivity contribution in [3.63, 3.8) is 0 Å². The maximum atomic E-state index is 12.0. The second-order valence-corrected chi connectivity index (χ2v) is 7.75. The van der Waals surface area contributed by atoms with Crippen LogP contribution < -0.4 is 5.32 Å². The van der Waals surface area contributed by atoms with Crippen molar-refractivity contribution in [3.8, 4) is 0 Å². The Hall–Kier alpha value is -0.980. The van der Waals surface area contributed by atoms with Gasteiger partial charge in [-0.2, -0.15) is 0 Å². The van der Waals surface area contributed by atoms with Crippen molar-refractivity contribution in [1.29, 1.82) is 0 Å². The first-order chi connectivity index (χ1) is 10.0. The van der Waals surface area contributed by atoms with Crippen molar-refractivity contribution in [3.05, 3.63) is 30.1 Å². The van der Waals surface area contributed by atoms with Crippen LogP contribution in [0, 0.1) is 0 Å². The van der Waals surface area contributed by atoms with Gasteiger partial charge in [0.1, 0.15) is 0 Å². The molecule has 1 aromatic heterocycles. The Labute approximate surface area is 127 Å². The van der Waals surface area contributed by atoms with Gasteiger partial charge < -0.3 is 5.32 Å². The van der Waals surface area contributed by atoms with E-state index in [-0.39, 0.29) is 11.8 Å². The van der Waals surface area contributed by atoms with Crippen LogP contribution in [0.4, 0.5) is 0 Å². The number of aromatic nitrogens is 1. The summed E-state index contributed by atoms with van der Waals surface area (Å²) in [6, 6.07) is 4.61. The van der Waals surface area contributed by atoms with Gasteiger partial charge in [-0.05, 0) is 37.8 Å². The summed E-state index contributed by atoms with van der Waals surface area (Å²) >= 11 is 0. The van der Waals surface area contributed by atoms with E-state index < -0.39 is 10.0 Å². The molecule has 0 bridgehead atoms. The molecule has 1 aliphatic heterocycles. The Morgan fingerprint density at radius 1 is 1.43 bits per heavy atom. The second-order valence-electron chi connectivity index (χ2n) is 5.66. The van der Waals surface area contributed by atoms with Crippen molar-refractivity contribution in [1.82, 2.24) is 14.6 Å². The molecule has 0 aromatic carbocycles. The zero-order valence-corrected chi connectivity index (χ0v) is 13.6. The Morgan fingerprint density at radius 2 is 2.14 bits per heavy atom. The second kappa shape index (κ2) is 7.33. The van der Waals surface area contributed by atoms with Gasteiger partial charge in [0.25, 0.3) is 0 Å². The molecule has 2 rings (SSSR count). The maximum Gasteiger partial charge on any atom is 0.214 e. The average Bonchev–Trinajstić information content (AvgIpc) is 2.48. The maximum absolute atomic E-state index is 12.0. The van der Waals surface area contributed by atoms with E-state index in [9.17, 15) is 8.42 Å². The smallest absolute Gasteiger partial charge is 0.214 e. The lowest BCUT2D eigenvalue weighted by atomic mass is 10.0. The zero-order valence-electron chi connectivity index (χ0n) is 12.8. The molecule has 6 heteroatoms. The third kappa shape index (κ3) is 4.49. The molecule has 1 aromatic rings. The first-order valence-electron chi connectivity index (χ1n) is 7.66. The fourth-order valence-corrected chi connectivity index (χ4v) is 4.31. The van der Waals surface area contributed by atoms with Gasteiger partial charge in [0.2, 0.25) is 10.0 Å². The SMILES string of the molecule is CCCS(=O)(=O)N1CCC(NC(C)c2cccnc2)CC1. The van der Waals surface area contributed by atoms with Crippen molar-refractivity contribution in [2.45, 2.75) is 45.2 Å². The van der Waals surface area contributed by atoms with Gasteiger partial charge in [-0.25, -0.2) is 12.7 Å². The highest BCUT2D eigenvalue weighted by Crippen LogP contribution is 2.18. The molecule has 5 nitrogen and oxygen atoms in total. The highest BCUT2D eigenvalue weighted by Gasteiger charge is 2.27. The van der Waals surface area contributed by atoms with E-state index in [1.54, 1.807) is 10.5 Å². The molecule has 21 heavy (non-hydrogen) atoms. The number of hydrogen-bond donors (Lipinski definition) is 1. The van der Waals surface area contributed by atoms with Crippen LogP contribution in [0.3, 0.4) is 0 Å². The Bertz CT molecular complexity index is 525. The summed E-state index contributed by atoms with van der Waals surface area (Å²) in [6.07, 6.45) is 6.06. The predicted molar refractivity (Wildman–Crippen MR) is 84.5 cm³/mol. The molecule has 0 saturated carbocycles. The molecular formula is C15H25N3O2S. The summed E-state index contributed by atoms with van der Waals surface area (Å²) in [4.78, 5) is 4.14. The summed E-state index contributed by atoms with van der Waals surface area (Å²) in [7, 11) is -3.04. The monoisotopic (exact) mass is 311 g/mol. The molecule has 1 atom stereocenters. The van der Waals surface area contributed by atoms with E-state index in [4.69, 9.17) is 0 Å². The number of nitrogens with one attached hydrogen (secondary N) is 1. The fourth-order valence-electron chi connectivity index (χ4n) is 2.77. The molecule has 0 radical (unpaired) electrons. The Morgan fingerprint density at radius 3 is 2.71 bits per heavy atom. The number of nitrogens with zero attached hydrogens (tertiary/aromatic N) is 2. The lowest BCUT2D eigenvalue weighted by Crippen LogP contribution is -2.46. The molecule has 0 spiro atoms. The van der Waals surface area contributed by atoms with Gasteiger partial charge in [0.05, 0.1) is 5.75 Å². The van der Waals surface area contributed by atoms with E-state index in [2.05, 4.69) is 23.3 Å². The third-order valence-corrected chi connectivity index (χ3v) is 6.06. The molecule has 1 aliphatic rings. The van der Waals surface area contributed by atoms with Gasteiger partial charge in [0.15, 0.2) is 0 Å². The van der Waals surface area contributed by atoms with Gasteiger partial charge in [-0.15, -0.1) is 0 Å². The summed E-state index contributed by atoms with van der Waals surface area (Å²) in [6.45, 7) is 5.28. The summed E-state index contributed by atoms with van der Waals surface area (Å²) in [5.41, 5.74) is 1.17. The van der Waals surface area contributed by atoms with Crippen LogP contribution >= 0.6 is 0 Å². The third-order valence-electron chi connectivity index (χ3n) is 3.98. The molecule has 0 aliphatic carbocycles. The molecule has 2 heterocycles. The largest absolute Gasteiger partial charge is 0.307 e. The van der Waals surface area contributed by atoms with Crippen molar-refractivity contribution in [2.75, 3.05) is 18.8 Å². The molecule has 1 saturated heterocycles.